The van der Waals surface area contributed by atoms with Gasteiger partial charge in [-0.3, -0.25) is 4.79 Å². The Morgan fingerprint density at radius 2 is 1.66 bits per heavy atom. The second kappa shape index (κ2) is 8.68. The molecule has 29 heavy (non-hydrogen) atoms. The zero-order valence-corrected chi connectivity index (χ0v) is 16.5. The summed E-state index contributed by atoms with van der Waals surface area (Å²) in [6, 6.07) is 16.7. The Morgan fingerprint density at radius 3 is 2.31 bits per heavy atom. The summed E-state index contributed by atoms with van der Waals surface area (Å²) in [5.41, 5.74) is 4.86. The maximum absolute atomic E-state index is 12.4. The number of aliphatic carboxylic acids is 1. The number of nitrogens with one attached hydrogen (secondary N) is 1. The zero-order valence-electron chi connectivity index (χ0n) is 16.5. The molecular weight excluding hydrogens is 366 g/mol. The van der Waals surface area contributed by atoms with Crippen LogP contribution in [-0.2, 0) is 9.53 Å². The fourth-order valence-electron chi connectivity index (χ4n) is 4.82. The third kappa shape index (κ3) is 4.44. The van der Waals surface area contributed by atoms with E-state index in [0.29, 0.717) is 18.9 Å². The average molecular weight is 393 g/mol. The molecule has 0 saturated heterocycles. The molecule has 2 N–H and O–H groups in total. The summed E-state index contributed by atoms with van der Waals surface area (Å²) in [5, 5.41) is 11.8. The lowest BCUT2D eigenvalue weighted by Gasteiger charge is -2.17. The van der Waals surface area contributed by atoms with Crippen LogP contribution in [0.2, 0.25) is 0 Å². The van der Waals surface area contributed by atoms with Crippen molar-refractivity contribution in [2.24, 2.45) is 5.92 Å². The van der Waals surface area contributed by atoms with Gasteiger partial charge in [0.2, 0.25) is 0 Å². The van der Waals surface area contributed by atoms with Crippen LogP contribution in [-0.4, -0.2) is 29.8 Å². The Kier molecular flexibility index (Phi) is 5.84. The molecule has 1 fully saturated rings. The standard InChI is InChI=1S/C24H27NO4/c26-23(27)11-5-6-16-12-13-17(14-16)25-24(28)29-15-22-20-9-3-1-7-18(20)19-8-2-4-10-21(19)22/h1-4,7-10,16-17,22H,5-6,11-15H2,(H,25,28)(H,26,27). The van der Waals surface area contributed by atoms with Gasteiger partial charge in [-0.2, -0.15) is 0 Å². The van der Waals surface area contributed by atoms with E-state index < -0.39 is 5.97 Å². The molecule has 152 valence electrons. The van der Waals surface area contributed by atoms with Gasteiger partial charge in [-0.1, -0.05) is 48.5 Å². The van der Waals surface area contributed by atoms with Crippen LogP contribution in [0.3, 0.4) is 0 Å². The van der Waals surface area contributed by atoms with Gasteiger partial charge in [-0.15, -0.1) is 0 Å². The van der Waals surface area contributed by atoms with E-state index in [2.05, 4.69) is 29.6 Å². The first-order valence-corrected chi connectivity index (χ1v) is 10.4. The van der Waals surface area contributed by atoms with Crippen LogP contribution in [0.4, 0.5) is 4.79 Å². The summed E-state index contributed by atoms with van der Waals surface area (Å²) >= 11 is 0. The van der Waals surface area contributed by atoms with E-state index in [4.69, 9.17) is 9.84 Å². The second-order valence-corrected chi connectivity index (χ2v) is 8.13. The first-order chi connectivity index (χ1) is 14.1. The van der Waals surface area contributed by atoms with Gasteiger partial charge >= 0.3 is 12.1 Å². The van der Waals surface area contributed by atoms with Crippen LogP contribution in [0.25, 0.3) is 11.1 Å². The molecule has 0 radical (unpaired) electrons. The maximum Gasteiger partial charge on any atom is 0.407 e. The third-order valence-electron chi connectivity index (χ3n) is 6.21. The smallest absolute Gasteiger partial charge is 0.407 e. The molecule has 1 saturated carbocycles. The summed E-state index contributed by atoms with van der Waals surface area (Å²) < 4.78 is 5.62. The molecule has 2 unspecified atom stereocenters. The van der Waals surface area contributed by atoms with Crippen LogP contribution in [0.15, 0.2) is 48.5 Å². The Bertz CT molecular complexity index is 848. The van der Waals surface area contributed by atoms with Crippen LogP contribution in [0, 0.1) is 5.92 Å². The molecule has 0 bridgehead atoms. The lowest BCUT2D eigenvalue weighted by molar-refractivity contribution is -0.137. The van der Waals surface area contributed by atoms with Gasteiger partial charge in [-0.25, -0.2) is 4.79 Å². The van der Waals surface area contributed by atoms with Crippen molar-refractivity contribution >= 4 is 12.1 Å². The van der Waals surface area contributed by atoms with Crippen LogP contribution in [0.1, 0.15) is 55.6 Å². The minimum atomic E-state index is -0.740. The molecule has 0 aromatic heterocycles. The molecule has 2 aromatic rings. The van der Waals surface area contributed by atoms with E-state index in [1.807, 2.05) is 24.3 Å². The number of carbonyl (C=O) groups excluding carboxylic acids is 1. The molecule has 2 aliphatic rings. The number of carboxylic acid groups (broad SMARTS) is 1. The lowest BCUT2D eigenvalue weighted by atomic mass is 9.98. The second-order valence-electron chi connectivity index (χ2n) is 8.13. The molecule has 0 aliphatic heterocycles. The highest BCUT2D eigenvalue weighted by molar-refractivity contribution is 5.79. The van der Waals surface area contributed by atoms with E-state index in [9.17, 15) is 9.59 Å². The van der Waals surface area contributed by atoms with Crippen molar-refractivity contribution in [2.75, 3.05) is 6.61 Å². The van der Waals surface area contributed by atoms with E-state index in [-0.39, 0.29) is 24.5 Å². The van der Waals surface area contributed by atoms with Crippen molar-refractivity contribution in [3.05, 3.63) is 59.7 Å². The Hall–Kier alpha value is -2.82. The Labute approximate surface area is 171 Å². The van der Waals surface area contributed by atoms with E-state index in [0.717, 1.165) is 25.7 Å². The van der Waals surface area contributed by atoms with Crippen molar-refractivity contribution in [1.82, 2.24) is 5.32 Å². The number of hydrogen-bond acceptors (Lipinski definition) is 3. The van der Waals surface area contributed by atoms with Crippen LogP contribution >= 0.6 is 0 Å². The highest BCUT2D eigenvalue weighted by Gasteiger charge is 2.30. The van der Waals surface area contributed by atoms with E-state index in [1.54, 1.807) is 0 Å². The van der Waals surface area contributed by atoms with Crippen molar-refractivity contribution in [2.45, 2.75) is 50.5 Å². The highest BCUT2D eigenvalue weighted by Crippen LogP contribution is 2.44. The SMILES string of the molecule is O=C(O)CCCC1CCC(NC(=O)OCC2c3ccccc3-c3ccccc32)C1. The van der Waals surface area contributed by atoms with Gasteiger partial charge in [0.1, 0.15) is 6.61 Å². The van der Waals surface area contributed by atoms with Crippen molar-refractivity contribution < 1.29 is 19.4 Å². The van der Waals surface area contributed by atoms with Crippen LogP contribution < -0.4 is 5.32 Å². The van der Waals surface area contributed by atoms with Crippen molar-refractivity contribution in [1.29, 1.82) is 0 Å². The van der Waals surface area contributed by atoms with Crippen LogP contribution in [0.5, 0.6) is 0 Å². The molecule has 1 amide bonds. The number of amides is 1. The minimum Gasteiger partial charge on any atom is -0.481 e. The normalized spacial score (nSPS) is 20.1. The molecule has 2 aliphatic carbocycles. The van der Waals surface area contributed by atoms with E-state index in [1.165, 1.54) is 22.3 Å². The fraction of sp³-hybridized carbons (Fsp3) is 0.417. The molecular formula is C24H27NO4. The quantitative estimate of drug-likeness (QED) is 0.698. The Morgan fingerprint density at radius 1 is 1.00 bits per heavy atom. The largest absolute Gasteiger partial charge is 0.481 e. The van der Waals surface area contributed by atoms with Gasteiger partial charge in [0.15, 0.2) is 0 Å². The minimum absolute atomic E-state index is 0.0699. The average Bonchev–Trinajstić information content (AvgIpc) is 3.28. The predicted octanol–water partition coefficient (Wildman–Crippen LogP) is 4.95. The molecule has 0 spiro atoms. The zero-order chi connectivity index (χ0) is 20.2. The summed E-state index contributed by atoms with van der Waals surface area (Å²) in [6.45, 7) is 0.328. The van der Waals surface area contributed by atoms with Gasteiger partial charge in [-0.05, 0) is 60.3 Å². The number of carbonyl (C=O) groups is 2. The fourth-order valence-corrected chi connectivity index (χ4v) is 4.82. The summed E-state index contributed by atoms with van der Waals surface area (Å²) in [5.74, 6) is -0.176. The van der Waals surface area contributed by atoms with Gasteiger partial charge in [0, 0.05) is 18.4 Å². The number of benzene rings is 2. The first-order valence-electron chi connectivity index (χ1n) is 10.4. The van der Waals surface area contributed by atoms with Gasteiger partial charge < -0.3 is 15.2 Å². The summed E-state index contributed by atoms with van der Waals surface area (Å²) in [4.78, 5) is 23.0. The highest BCUT2D eigenvalue weighted by atomic mass is 16.5. The first kappa shape index (κ1) is 19.5. The monoisotopic (exact) mass is 393 g/mol. The van der Waals surface area contributed by atoms with Gasteiger partial charge in [0.05, 0.1) is 0 Å². The predicted molar refractivity (Wildman–Crippen MR) is 111 cm³/mol. The number of rotatable bonds is 7. The third-order valence-corrected chi connectivity index (χ3v) is 6.21. The molecule has 4 rings (SSSR count). The lowest BCUT2D eigenvalue weighted by Crippen LogP contribution is -2.34. The summed E-state index contributed by atoms with van der Waals surface area (Å²) in [6.07, 6.45) is 4.36. The molecule has 5 nitrogen and oxygen atoms in total. The number of fused-ring (bicyclic) bond motifs is 3. The maximum atomic E-state index is 12.4. The van der Waals surface area contributed by atoms with Crippen molar-refractivity contribution in [3.8, 4) is 11.1 Å². The van der Waals surface area contributed by atoms with Gasteiger partial charge in [0.25, 0.3) is 0 Å². The van der Waals surface area contributed by atoms with E-state index >= 15 is 0 Å². The Balaban J connectivity index is 1.29. The molecule has 2 atom stereocenters. The number of alkyl carbamates (subject to hydrolysis) is 1. The molecule has 0 heterocycles. The molecule has 2 aromatic carbocycles. The molecule has 5 heteroatoms. The number of ether oxygens (including phenoxy) is 1. The number of hydrogen-bond donors (Lipinski definition) is 2. The van der Waals surface area contributed by atoms with Crippen molar-refractivity contribution in [3.63, 3.8) is 0 Å². The topological polar surface area (TPSA) is 75.6 Å². The number of carboxylic acids is 1. The summed E-state index contributed by atoms with van der Waals surface area (Å²) in [7, 11) is 0.